The second kappa shape index (κ2) is 9.37. The third-order valence-electron chi connectivity index (χ3n) is 3.43. The van der Waals surface area contributed by atoms with Crippen molar-refractivity contribution in [1.29, 1.82) is 0 Å². The molecule has 0 aliphatic heterocycles. The number of carbonyl (C=O) groups is 1. The second-order valence-corrected chi connectivity index (χ2v) is 5.51. The van der Waals surface area contributed by atoms with Crippen molar-refractivity contribution in [2.24, 2.45) is 0 Å². The van der Waals surface area contributed by atoms with Crippen LogP contribution in [0, 0.1) is 11.8 Å². The molecular formula is C22H22O2. The van der Waals surface area contributed by atoms with Gasteiger partial charge in [-0.15, -0.1) is 0 Å². The summed E-state index contributed by atoms with van der Waals surface area (Å²) in [5.41, 5.74) is 1.58. The van der Waals surface area contributed by atoms with Crippen LogP contribution in [-0.4, -0.2) is 5.78 Å². The number of hydrogen-bond donors (Lipinski definition) is 0. The summed E-state index contributed by atoms with van der Waals surface area (Å²) in [6, 6.07) is 17.1. The molecule has 0 amide bonds. The number of para-hydroxylation sites is 1. The molecular weight excluding hydrogens is 296 g/mol. The van der Waals surface area contributed by atoms with Gasteiger partial charge in [-0.3, -0.25) is 4.79 Å². The predicted molar refractivity (Wildman–Crippen MR) is 98.8 cm³/mol. The van der Waals surface area contributed by atoms with E-state index in [1.165, 1.54) is 0 Å². The van der Waals surface area contributed by atoms with E-state index in [2.05, 4.69) is 18.8 Å². The van der Waals surface area contributed by atoms with Crippen LogP contribution in [0.15, 0.2) is 60.4 Å². The van der Waals surface area contributed by atoms with Gasteiger partial charge in [0.1, 0.15) is 5.75 Å². The zero-order valence-electron chi connectivity index (χ0n) is 14.2. The van der Waals surface area contributed by atoms with Gasteiger partial charge in [0.05, 0.1) is 0 Å². The van der Waals surface area contributed by atoms with Crippen LogP contribution >= 0.6 is 0 Å². The zero-order chi connectivity index (χ0) is 17.2. The van der Waals surface area contributed by atoms with Crippen molar-refractivity contribution in [2.45, 2.75) is 33.1 Å². The molecule has 0 bridgehead atoms. The molecule has 0 saturated heterocycles. The smallest absolute Gasteiger partial charge is 0.177 e. The Morgan fingerprint density at radius 1 is 1.12 bits per heavy atom. The van der Waals surface area contributed by atoms with Crippen LogP contribution in [0.25, 0.3) is 6.08 Å². The predicted octanol–water partition coefficient (Wildman–Crippen LogP) is 5.50. The molecule has 0 saturated carbocycles. The standard InChI is InChI=1S/C22H22O2/c1-3-4-5-7-15-22(24-21-13-8-6-9-14-21)17-19-11-10-12-20(16-19)18(2)23/h6,8-14,16-17H,3-5H2,1-2H3/b22-17-. The van der Waals surface area contributed by atoms with Crippen LogP contribution in [0.2, 0.25) is 0 Å². The minimum Gasteiger partial charge on any atom is -0.448 e. The van der Waals surface area contributed by atoms with Crippen LogP contribution in [0.5, 0.6) is 5.75 Å². The molecule has 0 heterocycles. The maximum atomic E-state index is 11.5. The molecule has 2 rings (SSSR count). The van der Waals surface area contributed by atoms with Crippen LogP contribution in [0.1, 0.15) is 49.0 Å². The van der Waals surface area contributed by atoms with E-state index < -0.39 is 0 Å². The molecule has 0 unspecified atom stereocenters. The first-order valence-corrected chi connectivity index (χ1v) is 8.23. The fraction of sp³-hybridized carbons (Fsp3) is 0.227. The highest BCUT2D eigenvalue weighted by Crippen LogP contribution is 2.16. The first-order chi connectivity index (χ1) is 11.7. The van der Waals surface area contributed by atoms with E-state index in [9.17, 15) is 4.79 Å². The molecule has 0 atom stereocenters. The summed E-state index contributed by atoms with van der Waals surface area (Å²) in [6.07, 6.45) is 4.91. The lowest BCUT2D eigenvalue weighted by Gasteiger charge is -2.05. The van der Waals surface area contributed by atoms with E-state index in [-0.39, 0.29) is 5.78 Å². The summed E-state index contributed by atoms with van der Waals surface area (Å²) < 4.78 is 5.90. The largest absolute Gasteiger partial charge is 0.448 e. The maximum absolute atomic E-state index is 11.5. The van der Waals surface area contributed by atoms with Gasteiger partial charge >= 0.3 is 0 Å². The van der Waals surface area contributed by atoms with E-state index in [0.717, 1.165) is 30.6 Å². The molecule has 0 N–H and O–H groups in total. The van der Waals surface area contributed by atoms with E-state index in [1.807, 2.05) is 60.7 Å². The average molecular weight is 318 g/mol. The fourth-order valence-electron chi connectivity index (χ4n) is 2.12. The van der Waals surface area contributed by atoms with Gasteiger partial charge in [0.2, 0.25) is 0 Å². The van der Waals surface area contributed by atoms with Gasteiger partial charge < -0.3 is 4.74 Å². The Labute approximate surface area is 144 Å². The van der Waals surface area contributed by atoms with E-state index in [1.54, 1.807) is 6.92 Å². The van der Waals surface area contributed by atoms with E-state index in [0.29, 0.717) is 11.3 Å². The molecule has 0 fully saturated rings. The van der Waals surface area contributed by atoms with Crippen LogP contribution in [0.4, 0.5) is 0 Å². The second-order valence-electron chi connectivity index (χ2n) is 5.51. The van der Waals surface area contributed by atoms with Crippen LogP contribution in [-0.2, 0) is 0 Å². The molecule has 0 spiro atoms. The molecule has 24 heavy (non-hydrogen) atoms. The lowest BCUT2D eigenvalue weighted by molar-refractivity contribution is 0.101. The number of hydrogen-bond acceptors (Lipinski definition) is 2. The Kier molecular flexibility index (Phi) is 6.86. The number of Topliss-reactive ketones (excluding diaryl/α,β-unsaturated/α-hetero) is 1. The fourth-order valence-corrected chi connectivity index (χ4v) is 2.12. The number of unbranched alkanes of at least 4 members (excludes halogenated alkanes) is 2. The lowest BCUT2D eigenvalue weighted by Crippen LogP contribution is -1.95. The highest BCUT2D eigenvalue weighted by Gasteiger charge is 2.02. The Bertz CT molecular complexity index is 761. The maximum Gasteiger partial charge on any atom is 0.177 e. The van der Waals surface area contributed by atoms with Gasteiger partial charge in [0, 0.05) is 12.0 Å². The Morgan fingerprint density at radius 2 is 1.92 bits per heavy atom. The highest BCUT2D eigenvalue weighted by molar-refractivity contribution is 5.94. The van der Waals surface area contributed by atoms with Gasteiger partial charge in [-0.1, -0.05) is 55.7 Å². The van der Waals surface area contributed by atoms with Crippen LogP contribution in [0.3, 0.4) is 0 Å². The number of allylic oxidation sites excluding steroid dienone is 1. The quantitative estimate of drug-likeness (QED) is 0.304. The Hall–Kier alpha value is -2.79. The molecule has 2 aromatic rings. The molecule has 0 aromatic heterocycles. The minimum absolute atomic E-state index is 0.0461. The lowest BCUT2D eigenvalue weighted by atomic mass is 10.1. The summed E-state index contributed by atoms with van der Waals surface area (Å²) in [4.78, 5) is 11.5. The Morgan fingerprint density at radius 3 is 2.62 bits per heavy atom. The summed E-state index contributed by atoms with van der Waals surface area (Å²) in [6.45, 7) is 3.71. The third-order valence-corrected chi connectivity index (χ3v) is 3.43. The highest BCUT2D eigenvalue weighted by atomic mass is 16.5. The molecule has 0 radical (unpaired) electrons. The summed E-state index contributed by atoms with van der Waals surface area (Å²) in [5, 5.41) is 0. The summed E-state index contributed by atoms with van der Waals surface area (Å²) in [7, 11) is 0. The van der Waals surface area contributed by atoms with Crippen molar-refractivity contribution in [3.63, 3.8) is 0 Å². The monoisotopic (exact) mass is 318 g/mol. The van der Waals surface area contributed by atoms with Crippen molar-refractivity contribution in [2.75, 3.05) is 0 Å². The molecule has 2 heteroatoms. The topological polar surface area (TPSA) is 26.3 Å². The Balaban J connectivity index is 2.27. The summed E-state index contributed by atoms with van der Waals surface area (Å²) in [5.74, 6) is 7.63. The molecule has 0 aliphatic carbocycles. The minimum atomic E-state index is 0.0461. The first kappa shape index (κ1) is 17.6. The van der Waals surface area contributed by atoms with Crippen molar-refractivity contribution < 1.29 is 9.53 Å². The average Bonchev–Trinajstić information content (AvgIpc) is 2.60. The van der Waals surface area contributed by atoms with Gasteiger partial charge in [-0.25, -0.2) is 0 Å². The van der Waals surface area contributed by atoms with Crippen LogP contribution < -0.4 is 4.74 Å². The third kappa shape index (κ3) is 5.78. The van der Waals surface area contributed by atoms with Gasteiger partial charge in [0.25, 0.3) is 0 Å². The number of rotatable bonds is 6. The van der Waals surface area contributed by atoms with Crippen molar-refractivity contribution >= 4 is 11.9 Å². The summed E-state index contributed by atoms with van der Waals surface area (Å²) >= 11 is 0. The van der Waals surface area contributed by atoms with Gasteiger partial charge in [-0.05, 0) is 49.1 Å². The van der Waals surface area contributed by atoms with Crippen molar-refractivity contribution in [1.82, 2.24) is 0 Å². The first-order valence-electron chi connectivity index (χ1n) is 8.23. The van der Waals surface area contributed by atoms with Gasteiger partial charge in [0.15, 0.2) is 11.5 Å². The number of ether oxygens (including phenoxy) is 1. The normalized spacial score (nSPS) is 10.7. The van der Waals surface area contributed by atoms with Crippen molar-refractivity contribution in [3.8, 4) is 17.6 Å². The number of carbonyl (C=O) groups excluding carboxylic acids is 1. The molecule has 2 aromatic carbocycles. The van der Waals surface area contributed by atoms with E-state index in [4.69, 9.17) is 4.74 Å². The molecule has 2 nitrogen and oxygen atoms in total. The zero-order valence-corrected chi connectivity index (χ0v) is 14.2. The number of ketones is 1. The SMILES string of the molecule is CCCCC#C/C(=C/c1cccc(C(C)=O)c1)Oc1ccccc1. The number of benzene rings is 2. The van der Waals surface area contributed by atoms with E-state index >= 15 is 0 Å². The van der Waals surface area contributed by atoms with Crippen molar-refractivity contribution in [3.05, 3.63) is 71.5 Å². The van der Waals surface area contributed by atoms with Gasteiger partial charge in [-0.2, -0.15) is 0 Å². The molecule has 122 valence electrons. The molecule has 0 aliphatic rings.